The number of nitrogens with two attached hydrogens (primary N) is 1. The normalized spacial score (nSPS) is 16.6. The highest BCUT2D eigenvalue weighted by molar-refractivity contribution is 6.01. The lowest BCUT2D eigenvalue weighted by Gasteiger charge is -2.24. The van der Waals surface area contributed by atoms with E-state index in [9.17, 15) is 14.0 Å². The molecule has 120 valence electrons. The molecule has 23 heavy (non-hydrogen) atoms. The molecule has 1 atom stereocenters. The quantitative estimate of drug-likeness (QED) is 0.645. The van der Waals surface area contributed by atoms with E-state index in [1.54, 1.807) is 0 Å². The van der Waals surface area contributed by atoms with Crippen LogP contribution in [0.5, 0.6) is 0 Å². The first kappa shape index (κ1) is 14.9. The van der Waals surface area contributed by atoms with Gasteiger partial charge in [0.05, 0.1) is 5.92 Å². The van der Waals surface area contributed by atoms with E-state index >= 15 is 0 Å². The predicted molar refractivity (Wildman–Crippen MR) is 79.9 cm³/mol. The van der Waals surface area contributed by atoms with E-state index in [0.717, 1.165) is 0 Å². The third-order valence-corrected chi connectivity index (χ3v) is 3.58. The van der Waals surface area contributed by atoms with Crippen LogP contribution in [-0.4, -0.2) is 33.5 Å². The average Bonchev–Trinajstić information content (AvgIpc) is 2.91. The van der Waals surface area contributed by atoms with Gasteiger partial charge in [0.15, 0.2) is 0 Å². The first-order valence-corrected chi connectivity index (χ1v) is 7.06. The molecule has 9 heteroatoms. The van der Waals surface area contributed by atoms with E-state index in [1.807, 2.05) is 0 Å². The number of anilines is 2. The van der Waals surface area contributed by atoms with Gasteiger partial charge in [0.25, 0.3) is 0 Å². The fourth-order valence-corrected chi connectivity index (χ4v) is 2.52. The fourth-order valence-electron chi connectivity index (χ4n) is 2.52. The van der Waals surface area contributed by atoms with Crippen molar-refractivity contribution in [1.82, 2.24) is 20.5 Å². The topological polar surface area (TPSA) is 126 Å². The molecule has 1 aromatic heterocycles. The summed E-state index contributed by atoms with van der Waals surface area (Å²) in [4.78, 5) is 28.0. The van der Waals surface area contributed by atoms with Gasteiger partial charge in [-0.15, -0.1) is 5.10 Å². The molecule has 1 unspecified atom stereocenters. The number of benzene rings is 1. The number of nitrogens with one attached hydrogen (secondary N) is 3. The summed E-state index contributed by atoms with van der Waals surface area (Å²) < 4.78 is 13.3. The Balaban J connectivity index is 1.66. The second kappa shape index (κ2) is 6.03. The van der Waals surface area contributed by atoms with Crippen molar-refractivity contribution in [1.29, 1.82) is 0 Å². The van der Waals surface area contributed by atoms with Gasteiger partial charge in [-0.2, -0.15) is 4.98 Å². The SMILES string of the molecule is Nc1n[nH]c(CCNC(=O)C2CC(=O)Nc3cc(F)ccc32)n1. The molecule has 0 bridgehead atoms. The number of nitrogen functional groups attached to an aromatic ring is 1. The highest BCUT2D eigenvalue weighted by Crippen LogP contribution is 2.32. The number of hydrogen-bond acceptors (Lipinski definition) is 5. The van der Waals surface area contributed by atoms with E-state index in [2.05, 4.69) is 25.8 Å². The first-order chi connectivity index (χ1) is 11.0. The number of rotatable bonds is 4. The Hall–Kier alpha value is -2.97. The monoisotopic (exact) mass is 318 g/mol. The van der Waals surface area contributed by atoms with Crippen LogP contribution in [0.4, 0.5) is 16.0 Å². The maximum atomic E-state index is 13.3. The van der Waals surface area contributed by atoms with Crippen LogP contribution in [0.1, 0.15) is 23.7 Å². The van der Waals surface area contributed by atoms with E-state index in [0.29, 0.717) is 30.0 Å². The number of H-pyrrole nitrogens is 1. The summed E-state index contributed by atoms with van der Waals surface area (Å²) >= 11 is 0. The van der Waals surface area contributed by atoms with Gasteiger partial charge in [0.1, 0.15) is 11.6 Å². The van der Waals surface area contributed by atoms with Gasteiger partial charge in [0, 0.05) is 25.1 Å². The summed E-state index contributed by atoms with van der Waals surface area (Å²) in [6.45, 7) is 0.322. The largest absolute Gasteiger partial charge is 0.367 e. The number of hydrogen-bond donors (Lipinski definition) is 4. The van der Waals surface area contributed by atoms with Crippen molar-refractivity contribution in [2.75, 3.05) is 17.6 Å². The molecule has 2 amide bonds. The molecule has 0 radical (unpaired) electrons. The Labute approximate surface area is 130 Å². The molecule has 1 aromatic carbocycles. The average molecular weight is 318 g/mol. The summed E-state index contributed by atoms with van der Waals surface area (Å²) in [5.74, 6) is -1.00. The number of carbonyl (C=O) groups excluding carboxylic acids is 2. The van der Waals surface area contributed by atoms with E-state index in [1.165, 1.54) is 18.2 Å². The number of nitrogens with zero attached hydrogens (tertiary/aromatic N) is 2. The lowest BCUT2D eigenvalue weighted by atomic mass is 9.89. The zero-order valence-corrected chi connectivity index (χ0v) is 12.1. The molecule has 0 fully saturated rings. The second-order valence-corrected chi connectivity index (χ2v) is 5.22. The van der Waals surface area contributed by atoms with Crippen molar-refractivity contribution in [2.45, 2.75) is 18.8 Å². The van der Waals surface area contributed by atoms with Crippen molar-refractivity contribution in [3.63, 3.8) is 0 Å². The first-order valence-electron chi connectivity index (χ1n) is 7.06. The van der Waals surface area contributed by atoms with Crippen molar-refractivity contribution in [3.8, 4) is 0 Å². The Kier molecular flexibility index (Phi) is 3.92. The van der Waals surface area contributed by atoms with Gasteiger partial charge < -0.3 is 16.4 Å². The minimum absolute atomic E-state index is 0.0275. The fraction of sp³-hybridized carbons (Fsp3) is 0.286. The van der Waals surface area contributed by atoms with Crippen molar-refractivity contribution < 1.29 is 14.0 Å². The molecule has 0 saturated carbocycles. The number of fused-ring (bicyclic) bond motifs is 1. The van der Waals surface area contributed by atoms with Crippen LogP contribution in [-0.2, 0) is 16.0 Å². The molecular formula is C14H15FN6O2. The molecule has 1 aliphatic heterocycles. The predicted octanol–water partition coefficient (Wildman–Crippen LogP) is 0.311. The van der Waals surface area contributed by atoms with Crippen LogP contribution in [0.25, 0.3) is 0 Å². The number of aromatic nitrogens is 3. The van der Waals surface area contributed by atoms with Gasteiger partial charge in [-0.25, -0.2) is 4.39 Å². The van der Waals surface area contributed by atoms with Crippen LogP contribution in [0.15, 0.2) is 18.2 Å². The molecule has 0 aliphatic carbocycles. The van der Waals surface area contributed by atoms with Gasteiger partial charge in [-0.05, 0) is 17.7 Å². The summed E-state index contributed by atoms with van der Waals surface area (Å²) in [6.07, 6.45) is 0.463. The third kappa shape index (κ3) is 3.28. The Morgan fingerprint density at radius 3 is 3.04 bits per heavy atom. The minimum Gasteiger partial charge on any atom is -0.367 e. The third-order valence-electron chi connectivity index (χ3n) is 3.58. The minimum atomic E-state index is -0.640. The van der Waals surface area contributed by atoms with Gasteiger partial charge in [-0.3, -0.25) is 14.7 Å². The van der Waals surface area contributed by atoms with Crippen LogP contribution in [0.3, 0.4) is 0 Å². The molecular weight excluding hydrogens is 303 g/mol. The maximum Gasteiger partial charge on any atom is 0.239 e. The molecule has 3 rings (SSSR count). The zero-order valence-electron chi connectivity index (χ0n) is 12.1. The zero-order chi connectivity index (χ0) is 16.4. The van der Waals surface area contributed by atoms with Crippen molar-refractivity contribution >= 4 is 23.5 Å². The van der Waals surface area contributed by atoms with Gasteiger partial charge in [0.2, 0.25) is 17.8 Å². The summed E-state index contributed by atoms with van der Waals surface area (Å²) in [6, 6.07) is 4.00. The number of aromatic amines is 1. The van der Waals surface area contributed by atoms with Crippen LogP contribution in [0.2, 0.25) is 0 Å². The van der Waals surface area contributed by atoms with Gasteiger partial charge in [-0.1, -0.05) is 6.07 Å². The van der Waals surface area contributed by atoms with Crippen LogP contribution in [0, 0.1) is 5.82 Å². The number of halogens is 1. The van der Waals surface area contributed by atoms with Crippen molar-refractivity contribution in [2.24, 2.45) is 0 Å². The molecule has 2 aromatic rings. The second-order valence-electron chi connectivity index (χ2n) is 5.22. The standard InChI is InChI=1S/C14H15FN6O2/c15-7-1-2-8-9(6-12(22)18-10(8)5-7)13(23)17-4-3-11-19-14(16)21-20-11/h1-2,5,9H,3-4,6H2,(H,17,23)(H,18,22)(H3,16,19,20,21). The molecule has 1 aliphatic rings. The Morgan fingerprint density at radius 1 is 1.48 bits per heavy atom. The molecule has 0 saturated heterocycles. The summed E-state index contributed by atoms with van der Waals surface area (Å²) in [5.41, 5.74) is 6.33. The summed E-state index contributed by atoms with van der Waals surface area (Å²) in [5, 5.41) is 11.7. The molecule has 8 nitrogen and oxygen atoms in total. The highest BCUT2D eigenvalue weighted by atomic mass is 19.1. The Bertz CT molecular complexity index is 759. The Morgan fingerprint density at radius 2 is 2.30 bits per heavy atom. The number of amides is 2. The number of carbonyl (C=O) groups is 2. The van der Waals surface area contributed by atoms with Gasteiger partial charge >= 0.3 is 0 Å². The molecule has 0 spiro atoms. The van der Waals surface area contributed by atoms with E-state index < -0.39 is 11.7 Å². The molecule has 5 N–H and O–H groups in total. The highest BCUT2D eigenvalue weighted by Gasteiger charge is 2.30. The van der Waals surface area contributed by atoms with E-state index in [4.69, 9.17) is 5.73 Å². The lowest BCUT2D eigenvalue weighted by molar-refractivity contribution is -0.126. The maximum absolute atomic E-state index is 13.3. The lowest BCUT2D eigenvalue weighted by Crippen LogP contribution is -2.36. The van der Waals surface area contributed by atoms with Crippen LogP contribution < -0.4 is 16.4 Å². The molecule has 2 heterocycles. The smallest absolute Gasteiger partial charge is 0.239 e. The van der Waals surface area contributed by atoms with Crippen molar-refractivity contribution in [3.05, 3.63) is 35.4 Å². The van der Waals surface area contributed by atoms with Crippen LogP contribution >= 0.6 is 0 Å². The van der Waals surface area contributed by atoms with E-state index in [-0.39, 0.29) is 24.2 Å². The summed E-state index contributed by atoms with van der Waals surface area (Å²) in [7, 11) is 0.